The summed E-state index contributed by atoms with van der Waals surface area (Å²) in [6, 6.07) is 9.15. The molecule has 3 heterocycles. The molecule has 148 valence electrons. The molecule has 1 amide bonds. The Labute approximate surface area is 170 Å². The molecule has 0 bridgehead atoms. The van der Waals surface area contributed by atoms with E-state index in [1.165, 1.54) is 15.6 Å². The van der Waals surface area contributed by atoms with E-state index in [0.29, 0.717) is 28.1 Å². The van der Waals surface area contributed by atoms with Crippen molar-refractivity contribution in [3.8, 4) is 5.95 Å². The minimum absolute atomic E-state index is 0.200. The average molecular weight is 409 g/mol. The van der Waals surface area contributed by atoms with Gasteiger partial charge in [-0.2, -0.15) is 19.9 Å². The summed E-state index contributed by atoms with van der Waals surface area (Å²) in [5.41, 5.74) is 1.35. The van der Waals surface area contributed by atoms with E-state index in [9.17, 15) is 9.59 Å². The molecule has 10 heteroatoms. The van der Waals surface area contributed by atoms with Crippen LogP contribution in [0.25, 0.3) is 17.0 Å². The fraction of sp³-hybridized carbons (Fsp3) is 0.211. The molecule has 0 radical (unpaired) electrons. The molecule has 3 aromatic heterocycles. The van der Waals surface area contributed by atoms with E-state index < -0.39 is 0 Å². The molecule has 4 rings (SSSR count). The maximum Gasteiger partial charge on any atom is 0.263 e. The van der Waals surface area contributed by atoms with Crippen LogP contribution < -0.4 is 10.9 Å². The minimum atomic E-state index is -0.326. The van der Waals surface area contributed by atoms with Gasteiger partial charge in [0.15, 0.2) is 5.65 Å². The fourth-order valence-corrected chi connectivity index (χ4v) is 3.79. The molecular weight excluding hydrogens is 390 g/mol. The molecule has 29 heavy (non-hydrogen) atoms. The Morgan fingerprint density at radius 2 is 2.10 bits per heavy atom. The van der Waals surface area contributed by atoms with E-state index in [0.717, 1.165) is 10.6 Å². The van der Waals surface area contributed by atoms with Gasteiger partial charge < -0.3 is 5.32 Å². The quantitative estimate of drug-likeness (QED) is 0.490. The number of hydrogen-bond donors (Lipinski definition) is 2. The van der Waals surface area contributed by atoms with Crippen LogP contribution >= 0.6 is 11.8 Å². The van der Waals surface area contributed by atoms with Crippen molar-refractivity contribution < 1.29 is 4.79 Å². The number of benzene rings is 1. The normalized spacial score (nSPS) is 11.1. The number of nitrogens with one attached hydrogen (secondary N) is 2. The van der Waals surface area contributed by atoms with Gasteiger partial charge in [0.05, 0.1) is 17.5 Å². The topological polar surface area (TPSA) is 110 Å². The number of nitrogens with zero attached hydrogens (tertiary/aromatic N) is 5. The third-order valence-corrected chi connectivity index (χ3v) is 5.25. The zero-order chi connectivity index (χ0) is 20.5. The van der Waals surface area contributed by atoms with Crippen molar-refractivity contribution in [2.24, 2.45) is 7.05 Å². The number of aromatic nitrogens is 6. The second-order valence-corrected chi connectivity index (χ2v) is 7.67. The number of amides is 1. The number of carbonyl (C=O) groups is 1. The Morgan fingerprint density at radius 1 is 1.31 bits per heavy atom. The van der Waals surface area contributed by atoms with Gasteiger partial charge in [-0.05, 0) is 24.8 Å². The number of anilines is 1. The van der Waals surface area contributed by atoms with E-state index >= 15 is 0 Å². The summed E-state index contributed by atoms with van der Waals surface area (Å²) in [6.45, 7) is 3.84. The monoisotopic (exact) mass is 409 g/mol. The Hall–Kier alpha value is -3.40. The molecule has 0 aliphatic heterocycles. The highest BCUT2D eigenvalue weighted by molar-refractivity contribution is 7.99. The number of carbonyl (C=O) groups excluding carboxylic acids is 1. The average Bonchev–Trinajstić information content (AvgIpc) is 3.25. The molecule has 0 saturated carbocycles. The highest BCUT2D eigenvalue weighted by Gasteiger charge is 2.17. The van der Waals surface area contributed by atoms with Crippen LogP contribution in [-0.4, -0.2) is 41.2 Å². The van der Waals surface area contributed by atoms with Crippen LogP contribution in [-0.2, 0) is 7.05 Å². The second kappa shape index (κ2) is 7.55. The minimum Gasteiger partial charge on any atom is -0.306 e. The molecule has 0 saturated heterocycles. The van der Waals surface area contributed by atoms with Crippen molar-refractivity contribution in [1.82, 2.24) is 29.5 Å². The summed E-state index contributed by atoms with van der Waals surface area (Å²) in [7, 11) is 1.71. The van der Waals surface area contributed by atoms with E-state index in [1.807, 2.05) is 25.1 Å². The molecule has 0 spiro atoms. The lowest BCUT2D eigenvalue weighted by molar-refractivity contribution is 0.102. The highest BCUT2D eigenvalue weighted by Crippen LogP contribution is 2.24. The maximum atomic E-state index is 12.9. The van der Waals surface area contributed by atoms with Crippen molar-refractivity contribution in [2.45, 2.75) is 18.7 Å². The number of fused-ring (bicyclic) bond motifs is 1. The first kappa shape index (κ1) is 18.9. The number of rotatable bonds is 5. The number of H-pyrrole nitrogens is 1. The van der Waals surface area contributed by atoms with Crippen LogP contribution in [0.15, 0.2) is 46.2 Å². The van der Waals surface area contributed by atoms with Crippen LogP contribution in [0.5, 0.6) is 0 Å². The summed E-state index contributed by atoms with van der Waals surface area (Å²) in [4.78, 5) is 33.4. The van der Waals surface area contributed by atoms with Crippen LogP contribution in [0.4, 0.5) is 5.82 Å². The standard InChI is InChI=1S/C19H19N7O2S/c1-4-29-14-8-6-5-7-12(14)17(27)21-15-9-11(2)24-26(15)19-22-16-13(18(28)23-19)10-20-25(16)3/h5-10H,4H2,1-3H3,(H,21,27)(H,22,23,28). The zero-order valence-electron chi connectivity index (χ0n) is 16.1. The molecule has 4 aromatic rings. The van der Waals surface area contributed by atoms with Gasteiger partial charge >= 0.3 is 0 Å². The van der Waals surface area contributed by atoms with Gasteiger partial charge in [0.1, 0.15) is 11.2 Å². The van der Waals surface area contributed by atoms with Gasteiger partial charge in [0, 0.05) is 18.0 Å². The molecule has 0 aliphatic rings. The van der Waals surface area contributed by atoms with Crippen LogP contribution in [0.3, 0.4) is 0 Å². The van der Waals surface area contributed by atoms with Gasteiger partial charge in [-0.25, -0.2) is 0 Å². The Morgan fingerprint density at radius 3 is 2.90 bits per heavy atom. The molecule has 0 fully saturated rings. The molecule has 0 aliphatic carbocycles. The SMILES string of the molecule is CCSc1ccccc1C(=O)Nc1cc(C)nn1-c1nc2c(cnn2C)c(=O)[nH]1. The van der Waals surface area contributed by atoms with Crippen molar-refractivity contribution in [3.63, 3.8) is 0 Å². The van der Waals surface area contributed by atoms with Crippen LogP contribution in [0, 0.1) is 6.92 Å². The van der Waals surface area contributed by atoms with Gasteiger partial charge in [-0.3, -0.25) is 19.3 Å². The first-order chi connectivity index (χ1) is 14.0. The summed E-state index contributed by atoms with van der Waals surface area (Å²) >= 11 is 1.60. The lowest BCUT2D eigenvalue weighted by atomic mass is 10.2. The lowest BCUT2D eigenvalue weighted by Crippen LogP contribution is -2.19. The summed E-state index contributed by atoms with van der Waals surface area (Å²) in [6.07, 6.45) is 1.46. The molecule has 2 N–H and O–H groups in total. The Kier molecular flexibility index (Phi) is 4.93. The maximum absolute atomic E-state index is 12.9. The Bertz CT molecular complexity index is 1270. The van der Waals surface area contributed by atoms with Crippen molar-refractivity contribution in [3.05, 3.63) is 58.1 Å². The molecule has 0 unspecified atom stereocenters. The highest BCUT2D eigenvalue weighted by atomic mass is 32.2. The zero-order valence-corrected chi connectivity index (χ0v) is 16.9. The van der Waals surface area contributed by atoms with Crippen LogP contribution in [0.1, 0.15) is 23.0 Å². The molecular formula is C19H19N7O2S. The summed E-state index contributed by atoms with van der Waals surface area (Å²) in [5.74, 6) is 1.21. The van der Waals surface area contributed by atoms with Crippen molar-refractivity contribution in [2.75, 3.05) is 11.1 Å². The van der Waals surface area contributed by atoms with Gasteiger partial charge in [0.25, 0.3) is 11.5 Å². The smallest absolute Gasteiger partial charge is 0.263 e. The Balaban J connectivity index is 1.74. The first-order valence-electron chi connectivity index (χ1n) is 9.00. The predicted molar refractivity (Wildman–Crippen MR) is 112 cm³/mol. The van der Waals surface area contributed by atoms with Crippen molar-refractivity contribution >= 4 is 34.5 Å². The number of aryl methyl sites for hydroxylation is 2. The van der Waals surface area contributed by atoms with Crippen molar-refractivity contribution in [1.29, 1.82) is 0 Å². The van der Waals surface area contributed by atoms with E-state index in [2.05, 4.69) is 25.5 Å². The lowest BCUT2D eigenvalue weighted by Gasteiger charge is -2.10. The van der Waals surface area contributed by atoms with E-state index in [4.69, 9.17) is 0 Å². The first-order valence-corrected chi connectivity index (χ1v) is 9.98. The number of hydrogen-bond acceptors (Lipinski definition) is 6. The number of thioether (sulfide) groups is 1. The molecule has 9 nitrogen and oxygen atoms in total. The number of aromatic amines is 1. The van der Waals surface area contributed by atoms with Gasteiger partial charge in [-0.1, -0.05) is 19.1 Å². The van der Waals surface area contributed by atoms with Gasteiger partial charge in [0.2, 0.25) is 5.95 Å². The van der Waals surface area contributed by atoms with E-state index in [-0.39, 0.29) is 17.4 Å². The predicted octanol–water partition coefficient (Wildman–Crippen LogP) is 2.52. The molecule has 0 atom stereocenters. The summed E-state index contributed by atoms with van der Waals surface area (Å²) in [5, 5.41) is 11.7. The largest absolute Gasteiger partial charge is 0.306 e. The van der Waals surface area contributed by atoms with Crippen LogP contribution in [0.2, 0.25) is 0 Å². The summed E-state index contributed by atoms with van der Waals surface area (Å²) < 4.78 is 2.93. The fourth-order valence-electron chi connectivity index (χ4n) is 2.99. The van der Waals surface area contributed by atoms with E-state index in [1.54, 1.807) is 37.9 Å². The third-order valence-electron chi connectivity index (χ3n) is 4.29. The second-order valence-electron chi connectivity index (χ2n) is 6.36. The molecule has 1 aromatic carbocycles. The third kappa shape index (κ3) is 3.54. The van der Waals surface area contributed by atoms with Gasteiger partial charge in [-0.15, -0.1) is 11.8 Å².